The summed E-state index contributed by atoms with van der Waals surface area (Å²) < 4.78 is 5.47. The van der Waals surface area contributed by atoms with Crippen LogP contribution in [0.25, 0.3) is 21.1 Å². The van der Waals surface area contributed by atoms with E-state index in [0.29, 0.717) is 5.03 Å². The van der Waals surface area contributed by atoms with Gasteiger partial charge in [0.15, 0.2) is 0 Å². The average Bonchev–Trinajstić information content (AvgIpc) is 3.21. The molecular weight excluding hydrogens is 452 g/mol. The fourth-order valence-electron chi connectivity index (χ4n) is 3.37. The van der Waals surface area contributed by atoms with Crippen LogP contribution < -0.4 is 10.1 Å². The molecule has 0 fully saturated rings. The van der Waals surface area contributed by atoms with E-state index in [0.717, 1.165) is 43.8 Å². The zero-order valence-corrected chi connectivity index (χ0v) is 20.5. The van der Waals surface area contributed by atoms with Gasteiger partial charge in [0.2, 0.25) is 5.91 Å². The predicted octanol–water partition coefficient (Wildman–Crippen LogP) is 5.93. The lowest BCUT2D eigenvalue weighted by molar-refractivity contribution is -0.113. The number of benzene rings is 2. The summed E-state index contributed by atoms with van der Waals surface area (Å²) in [5.74, 6) is 0.978. The summed E-state index contributed by atoms with van der Waals surface area (Å²) in [6, 6.07) is 17.6. The summed E-state index contributed by atoms with van der Waals surface area (Å²) >= 11 is 2.92. The van der Waals surface area contributed by atoms with Crippen molar-refractivity contribution in [2.75, 3.05) is 18.2 Å². The second-order valence-corrected chi connectivity index (χ2v) is 9.54. The van der Waals surface area contributed by atoms with Crippen LogP contribution in [0.1, 0.15) is 16.8 Å². The molecule has 6 nitrogen and oxygen atoms in total. The summed E-state index contributed by atoms with van der Waals surface area (Å²) in [6.07, 6.45) is 0. The molecule has 0 bridgehead atoms. The zero-order valence-electron chi connectivity index (χ0n) is 18.9. The minimum Gasteiger partial charge on any atom is -0.496 e. The third-order valence-electron chi connectivity index (χ3n) is 5.01. The molecule has 4 aromatic rings. The second kappa shape index (κ2) is 10.1. The molecule has 2 heterocycles. The van der Waals surface area contributed by atoms with E-state index in [1.54, 1.807) is 18.4 Å². The number of hydrogen-bond donors (Lipinski definition) is 1. The Morgan fingerprint density at radius 1 is 1.06 bits per heavy atom. The minimum absolute atomic E-state index is 0.0717. The maximum absolute atomic E-state index is 12.3. The first-order chi connectivity index (χ1) is 15.9. The number of anilines is 1. The molecule has 0 unspecified atom stereocenters. The molecule has 8 heteroatoms. The van der Waals surface area contributed by atoms with E-state index >= 15 is 0 Å². The number of aromatic nitrogens is 3. The molecule has 0 aliphatic heterocycles. The van der Waals surface area contributed by atoms with Crippen LogP contribution in [0.4, 0.5) is 5.69 Å². The Labute approximate surface area is 201 Å². The number of hydrogen-bond acceptors (Lipinski definition) is 7. The number of nitrogens with one attached hydrogen (secondary N) is 1. The Morgan fingerprint density at radius 3 is 2.61 bits per heavy atom. The first-order valence-electron chi connectivity index (χ1n) is 10.4. The van der Waals surface area contributed by atoms with E-state index in [9.17, 15) is 4.79 Å². The fraction of sp³-hybridized carbons (Fsp3) is 0.200. The van der Waals surface area contributed by atoms with Gasteiger partial charge >= 0.3 is 0 Å². The highest BCUT2D eigenvalue weighted by atomic mass is 32.2. The number of thioether (sulfide) groups is 1. The van der Waals surface area contributed by atoms with Gasteiger partial charge in [0, 0.05) is 5.69 Å². The standard InChI is InChI=1S/C25H24N4O2S2/c1-15-9-10-19(16(2)13-15)27-22(30)14-32-23-12-11-20(28-29-23)24-17(3)26-25(33-24)18-7-5-6-8-21(18)31-4/h5-13H,14H2,1-4H3,(H,27,30). The molecule has 1 amide bonds. The van der Waals surface area contributed by atoms with E-state index in [4.69, 9.17) is 9.72 Å². The molecule has 33 heavy (non-hydrogen) atoms. The second-order valence-electron chi connectivity index (χ2n) is 7.55. The van der Waals surface area contributed by atoms with Crippen LogP contribution in [0.3, 0.4) is 0 Å². The zero-order chi connectivity index (χ0) is 23.4. The van der Waals surface area contributed by atoms with Gasteiger partial charge in [0.1, 0.15) is 21.5 Å². The number of ether oxygens (including phenoxy) is 1. The molecule has 2 aromatic heterocycles. The van der Waals surface area contributed by atoms with Crippen molar-refractivity contribution >= 4 is 34.7 Å². The Hall–Kier alpha value is -3.23. The molecule has 2 aromatic carbocycles. The van der Waals surface area contributed by atoms with Crippen molar-refractivity contribution in [2.45, 2.75) is 25.8 Å². The van der Waals surface area contributed by atoms with E-state index in [-0.39, 0.29) is 11.7 Å². The normalized spacial score (nSPS) is 10.8. The lowest BCUT2D eigenvalue weighted by Gasteiger charge is -2.08. The van der Waals surface area contributed by atoms with Gasteiger partial charge in [-0.2, -0.15) is 0 Å². The Balaban J connectivity index is 1.42. The molecule has 0 atom stereocenters. The number of carbonyl (C=O) groups excluding carboxylic acids is 1. The molecule has 4 rings (SSSR count). The van der Waals surface area contributed by atoms with Crippen molar-refractivity contribution < 1.29 is 9.53 Å². The molecular formula is C25H24N4O2S2. The molecule has 0 saturated carbocycles. The average molecular weight is 477 g/mol. The Bertz CT molecular complexity index is 1290. The van der Waals surface area contributed by atoms with E-state index < -0.39 is 0 Å². The van der Waals surface area contributed by atoms with Crippen molar-refractivity contribution in [1.82, 2.24) is 15.2 Å². The number of nitrogens with zero attached hydrogens (tertiary/aromatic N) is 3. The number of aryl methyl sites for hydroxylation is 3. The smallest absolute Gasteiger partial charge is 0.234 e. The lowest BCUT2D eigenvalue weighted by atomic mass is 10.1. The number of para-hydroxylation sites is 1. The largest absolute Gasteiger partial charge is 0.496 e. The summed E-state index contributed by atoms with van der Waals surface area (Å²) in [6.45, 7) is 5.98. The predicted molar refractivity (Wildman–Crippen MR) is 135 cm³/mol. The van der Waals surface area contributed by atoms with E-state index in [2.05, 4.69) is 15.5 Å². The van der Waals surface area contributed by atoms with Crippen molar-refractivity contribution in [3.8, 4) is 26.9 Å². The summed E-state index contributed by atoms with van der Waals surface area (Å²) in [4.78, 5) is 18.0. The third kappa shape index (κ3) is 5.40. The quantitative estimate of drug-likeness (QED) is 0.333. The number of carbonyl (C=O) groups is 1. The summed E-state index contributed by atoms with van der Waals surface area (Å²) in [5, 5.41) is 13.2. The first kappa shape index (κ1) is 22.9. The number of amides is 1. The highest BCUT2D eigenvalue weighted by Crippen LogP contribution is 2.38. The van der Waals surface area contributed by atoms with Crippen molar-refractivity contribution in [1.29, 1.82) is 0 Å². The van der Waals surface area contributed by atoms with Crippen molar-refractivity contribution in [2.24, 2.45) is 0 Å². The van der Waals surface area contributed by atoms with Gasteiger partial charge in [0.05, 0.1) is 29.0 Å². The van der Waals surface area contributed by atoms with Gasteiger partial charge in [-0.15, -0.1) is 21.5 Å². The molecule has 168 valence electrons. The molecule has 0 radical (unpaired) electrons. The van der Waals surface area contributed by atoms with Gasteiger partial charge in [0.25, 0.3) is 0 Å². The van der Waals surface area contributed by atoms with Gasteiger partial charge in [-0.1, -0.05) is 41.6 Å². The third-order valence-corrected chi connectivity index (χ3v) is 7.15. The lowest BCUT2D eigenvalue weighted by Crippen LogP contribution is -2.15. The van der Waals surface area contributed by atoms with Crippen LogP contribution in [0.5, 0.6) is 5.75 Å². The van der Waals surface area contributed by atoms with Crippen LogP contribution in [-0.4, -0.2) is 34.0 Å². The minimum atomic E-state index is -0.0717. The highest BCUT2D eigenvalue weighted by molar-refractivity contribution is 7.99. The van der Waals surface area contributed by atoms with Crippen LogP contribution in [0, 0.1) is 20.8 Å². The number of thiazole rings is 1. The molecule has 0 aliphatic rings. The summed E-state index contributed by atoms with van der Waals surface area (Å²) in [5.41, 5.74) is 5.65. The van der Waals surface area contributed by atoms with Gasteiger partial charge in [-0.05, 0) is 56.7 Å². The maximum Gasteiger partial charge on any atom is 0.234 e. The van der Waals surface area contributed by atoms with Crippen LogP contribution in [-0.2, 0) is 4.79 Å². The molecule has 0 aliphatic carbocycles. The first-order valence-corrected chi connectivity index (χ1v) is 12.2. The number of methoxy groups -OCH3 is 1. The summed E-state index contributed by atoms with van der Waals surface area (Å²) in [7, 11) is 1.66. The van der Waals surface area contributed by atoms with Gasteiger partial charge < -0.3 is 10.1 Å². The Kier molecular flexibility index (Phi) is 7.05. The molecule has 1 N–H and O–H groups in total. The Morgan fingerprint density at radius 2 is 1.88 bits per heavy atom. The van der Waals surface area contributed by atoms with Crippen molar-refractivity contribution in [3.63, 3.8) is 0 Å². The fourth-order valence-corrected chi connectivity index (χ4v) is 5.04. The van der Waals surface area contributed by atoms with Gasteiger partial charge in [-0.25, -0.2) is 4.98 Å². The van der Waals surface area contributed by atoms with Gasteiger partial charge in [-0.3, -0.25) is 4.79 Å². The monoisotopic (exact) mass is 476 g/mol. The van der Waals surface area contributed by atoms with Crippen molar-refractivity contribution in [3.05, 3.63) is 71.4 Å². The van der Waals surface area contributed by atoms with E-state index in [1.165, 1.54) is 17.3 Å². The van der Waals surface area contributed by atoms with Crippen LogP contribution >= 0.6 is 23.1 Å². The van der Waals surface area contributed by atoms with Crippen LogP contribution in [0.15, 0.2) is 59.6 Å². The highest BCUT2D eigenvalue weighted by Gasteiger charge is 2.16. The SMILES string of the molecule is COc1ccccc1-c1nc(C)c(-c2ccc(SCC(=O)Nc3ccc(C)cc3C)nn2)s1. The number of rotatable bonds is 7. The maximum atomic E-state index is 12.3. The molecule has 0 saturated heterocycles. The topological polar surface area (TPSA) is 77.0 Å². The molecule has 0 spiro atoms. The van der Waals surface area contributed by atoms with E-state index in [1.807, 2.05) is 75.4 Å². The van der Waals surface area contributed by atoms with Crippen LogP contribution in [0.2, 0.25) is 0 Å².